The van der Waals surface area contributed by atoms with Crippen LogP contribution in [0.1, 0.15) is 96.8 Å². The summed E-state index contributed by atoms with van der Waals surface area (Å²) in [6, 6.07) is -1.07. The van der Waals surface area contributed by atoms with Gasteiger partial charge in [0, 0.05) is 19.6 Å². The molecule has 2 aliphatic heterocycles. The van der Waals surface area contributed by atoms with Gasteiger partial charge in [-0.25, -0.2) is 4.79 Å². The molecule has 2 aliphatic rings. The molecule has 2 atom stereocenters. The van der Waals surface area contributed by atoms with E-state index in [0.717, 1.165) is 19.3 Å². The number of nitrogens with one attached hydrogen (secondary N) is 1. The maximum absolute atomic E-state index is 12.9. The third-order valence-electron chi connectivity index (χ3n) is 6.45. The van der Waals surface area contributed by atoms with Crippen molar-refractivity contribution in [3.8, 4) is 0 Å². The second-order valence-electron chi connectivity index (χ2n) is 8.80. The summed E-state index contributed by atoms with van der Waals surface area (Å²) in [5.41, 5.74) is 0. The Morgan fingerprint density at radius 2 is 1.33 bits per heavy atom. The lowest BCUT2D eigenvalue weighted by atomic mass is 10.1. The highest BCUT2D eigenvalue weighted by atomic mass is 16.4. The highest BCUT2D eigenvalue weighted by molar-refractivity contribution is 5.92. The molecular formula is C23H41N3O4. The molecule has 7 heteroatoms. The fraction of sp³-hybridized carbons (Fsp3) is 0.870. The van der Waals surface area contributed by atoms with Crippen molar-refractivity contribution in [1.82, 2.24) is 15.1 Å². The zero-order valence-corrected chi connectivity index (χ0v) is 18.7. The minimum absolute atomic E-state index is 0.0864. The van der Waals surface area contributed by atoms with E-state index in [-0.39, 0.29) is 11.8 Å². The molecule has 0 radical (unpaired) electrons. The third-order valence-corrected chi connectivity index (χ3v) is 6.45. The fourth-order valence-electron chi connectivity index (χ4n) is 4.69. The maximum Gasteiger partial charge on any atom is 0.407 e. The van der Waals surface area contributed by atoms with E-state index in [1.165, 1.54) is 56.3 Å². The average molecular weight is 424 g/mol. The molecule has 0 aliphatic carbocycles. The monoisotopic (exact) mass is 423 g/mol. The molecule has 2 heterocycles. The summed E-state index contributed by atoms with van der Waals surface area (Å²) in [6.45, 7) is 3.83. The van der Waals surface area contributed by atoms with Crippen LogP contribution >= 0.6 is 0 Å². The largest absolute Gasteiger partial charge is 0.465 e. The molecule has 2 rings (SSSR count). The Hall–Kier alpha value is -1.79. The normalized spacial score (nSPS) is 21.2. The van der Waals surface area contributed by atoms with E-state index in [1.807, 2.05) is 0 Å². The number of unbranched alkanes of at least 4 members (excludes halogenated alkanes) is 9. The molecule has 2 saturated heterocycles. The smallest absolute Gasteiger partial charge is 0.407 e. The number of hydrogen-bond acceptors (Lipinski definition) is 3. The van der Waals surface area contributed by atoms with Crippen molar-refractivity contribution in [2.45, 2.75) is 109 Å². The number of rotatable bonds is 13. The minimum Gasteiger partial charge on any atom is -0.465 e. The topological polar surface area (TPSA) is 90.0 Å². The van der Waals surface area contributed by atoms with Crippen LogP contribution in [0.3, 0.4) is 0 Å². The SMILES string of the molecule is CCCCCCCCCCCCNC(=O)C1CCCN1C(=O)C1CCCN1C(=O)O. The summed E-state index contributed by atoms with van der Waals surface area (Å²) in [5, 5.41) is 12.3. The Morgan fingerprint density at radius 1 is 0.800 bits per heavy atom. The predicted molar refractivity (Wildman–Crippen MR) is 117 cm³/mol. The number of hydrogen-bond donors (Lipinski definition) is 2. The minimum atomic E-state index is -1.05. The summed E-state index contributed by atoms with van der Waals surface area (Å²) in [5.74, 6) is -0.289. The van der Waals surface area contributed by atoms with Crippen LogP contribution in [-0.2, 0) is 9.59 Å². The highest BCUT2D eigenvalue weighted by Crippen LogP contribution is 2.25. The Balaban J connectivity index is 1.61. The molecule has 2 N–H and O–H groups in total. The van der Waals surface area contributed by atoms with E-state index in [2.05, 4.69) is 12.2 Å². The zero-order chi connectivity index (χ0) is 21.8. The molecule has 0 aromatic heterocycles. The van der Waals surface area contributed by atoms with E-state index in [1.54, 1.807) is 4.90 Å². The Bertz CT molecular complexity index is 555. The predicted octanol–water partition coefficient (Wildman–Crippen LogP) is 4.16. The molecule has 0 aromatic rings. The zero-order valence-electron chi connectivity index (χ0n) is 18.7. The number of carbonyl (C=O) groups excluding carboxylic acids is 2. The van der Waals surface area contributed by atoms with E-state index in [0.29, 0.717) is 38.9 Å². The van der Waals surface area contributed by atoms with Crippen LogP contribution < -0.4 is 5.32 Å². The maximum atomic E-state index is 12.9. The van der Waals surface area contributed by atoms with Gasteiger partial charge in [0.15, 0.2) is 0 Å². The van der Waals surface area contributed by atoms with Crippen molar-refractivity contribution in [3.05, 3.63) is 0 Å². The molecule has 7 nitrogen and oxygen atoms in total. The summed E-state index contributed by atoms with van der Waals surface area (Å²) < 4.78 is 0. The van der Waals surface area contributed by atoms with Gasteiger partial charge in [-0.2, -0.15) is 0 Å². The van der Waals surface area contributed by atoms with E-state index < -0.39 is 18.2 Å². The lowest BCUT2D eigenvalue weighted by Gasteiger charge is -2.29. The lowest BCUT2D eigenvalue weighted by molar-refractivity contribution is -0.141. The average Bonchev–Trinajstić information content (AvgIpc) is 3.41. The third kappa shape index (κ3) is 7.47. The molecule has 2 fully saturated rings. The molecule has 0 spiro atoms. The molecule has 172 valence electrons. The van der Waals surface area contributed by atoms with Crippen LogP contribution in [0, 0.1) is 0 Å². The van der Waals surface area contributed by atoms with Gasteiger partial charge in [-0.05, 0) is 32.1 Å². The second kappa shape index (κ2) is 13.5. The van der Waals surface area contributed by atoms with Crippen LogP contribution in [0.25, 0.3) is 0 Å². The highest BCUT2D eigenvalue weighted by Gasteiger charge is 2.41. The van der Waals surface area contributed by atoms with Crippen molar-refractivity contribution in [1.29, 1.82) is 0 Å². The van der Waals surface area contributed by atoms with Crippen molar-refractivity contribution < 1.29 is 19.5 Å². The Kier molecular flexibility index (Phi) is 11.0. The van der Waals surface area contributed by atoms with E-state index in [9.17, 15) is 19.5 Å². The molecule has 0 aromatic carbocycles. The van der Waals surface area contributed by atoms with E-state index >= 15 is 0 Å². The summed E-state index contributed by atoms with van der Waals surface area (Å²) in [4.78, 5) is 39.7. The molecule has 2 unspecified atom stereocenters. The van der Waals surface area contributed by atoms with Crippen molar-refractivity contribution in [2.24, 2.45) is 0 Å². The first-order chi connectivity index (χ1) is 14.6. The number of carbonyl (C=O) groups is 3. The van der Waals surface area contributed by atoms with Crippen molar-refractivity contribution in [3.63, 3.8) is 0 Å². The first kappa shape index (κ1) is 24.5. The van der Waals surface area contributed by atoms with Crippen LogP contribution in [0.4, 0.5) is 4.79 Å². The van der Waals surface area contributed by atoms with Gasteiger partial charge >= 0.3 is 6.09 Å². The molecule has 0 bridgehead atoms. The van der Waals surface area contributed by atoms with Gasteiger partial charge in [0.05, 0.1) is 0 Å². The quantitative estimate of drug-likeness (QED) is 0.435. The van der Waals surface area contributed by atoms with Gasteiger partial charge in [-0.1, -0.05) is 64.7 Å². The summed E-state index contributed by atoms with van der Waals surface area (Å²) in [7, 11) is 0. The van der Waals surface area contributed by atoms with Crippen LogP contribution in [-0.4, -0.2) is 64.5 Å². The number of nitrogens with zero attached hydrogens (tertiary/aromatic N) is 2. The van der Waals surface area contributed by atoms with Crippen molar-refractivity contribution in [2.75, 3.05) is 19.6 Å². The van der Waals surface area contributed by atoms with Gasteiger partial charge < -0.3 is 15.3 Å². The first-order valence-electron chi connectivity index (χ1n) is 12.1. The van der Waals surface area contributed by atoms with Gasteiger partial charge in [0.25, 0.3) is 0 Å². The number of carboxylic acid groups (broad SMARTS) is 1. The van der Waals surface area contributed by atoms with Gasteiger partial charge in [0.1, 0.15) is 12.1 Å². The second-order valence-corrected chi connectivity index (χ2v) is 8.80. The van der Waals surface area contributed by atoms with Gasteiger partial charge in [0.2, 0.25) is 11.8 Å². The van der Waals surface area contributed by atoms with Crippen LogP contribution in [0.15, 0.2) is 0 Å². The molecular weight excluding hydrogens is 382 g/mol. The summed E-state index contributed by atoms with van der Waals surface area (Å²) >= 11 is 0. The number of likely N-dealkylation sites (tertiary alicyclic amines) is 2. The molecule has 3 amide bonds. The molecule has 30 heavy (non-hydrogen) atoms. The lowest BCUT2D eigenvalue weighted by Crippen LogP contribution is -2.52. The Morgan fingerprint density at radius 3 is 1.93 bits per heavy atom. The standard InChI is InChI=1S/C23H41N3O4/c1-2-3-4-5-6-7-8-9-10-11-16-24-21(27)19-14-12-17-25(19)22(28)20-15-13-18-26(20)23(29)30/h19-20H,2-18H2,1H3,(H,24,27)(H,29,30). The first-order valence-corrected chi connectivity index (χ1v) is 12.1. The van der Waals surface area contributed by atoms with Crippen LogP contribution in [0.5, 0.6) is 0 Å². The molecule has 0 saturated carbocycles. The van der Waals surface area contributed by atoms with Crippen molar-refractivity contribution >= 4 is 17.9 Å². The summed E-state index contributed by atoms with van der Waals surface area (Å²) in [6.07, 6.45) is 14.2. The van der Waals surface area contributed by atoms with Gasteiger partial charge in [-0.3, -0.25) is 14.5 Å². The van der Waals surface area contributed by atoms with Crippen LogP contribution in [0.2, 0.25) is 0 Å². The van der Waals surface area contributed by atoms with E-state index in [4.69, 9.17) is 0 Å². The fourth-order valence-corrected chi connectivity index (χ4v) is 4.69. The Labute approximate surface area is 181 Å². The van der Waals surface area contributed by atoms with Gasteiger partial charge in [-0.15, -0.1) is 0 Å². The number of amides is 3.